The second-order valence-electron chi connectivity index (χ2n) is 5.73. The number of hydrogen-bond acceptors (Lipinski definition) is 4. The third-order valence-electron chi connectivity index (χ3n) is 3.99. The van der Waals surface area contributed by atoms with Crippen LogP contribution < -0.4 is 16.0 Å². The summed E-state index contributed by atoms with van der Waals surface area (Å²) in [6, 6.07) is 9.43. The topological polar surface area (TPSA) is 44.5 Å². The molecular weight excluding hydrogens is 248 g/mol. The first-order valence-electron chi connectivity index (χ1n) is 7.73. The minimum Gasteiger partial charge on any atom is -0.385 e. The molecule has 1 aromatic carbocycles. The zero-order valence-electron chi connectivity index (χ0n) is 12.8. The van der Waals surface area contributed by atoms with Gasteiger partial charge in [0.25, 0.3) is 0 Å². The van der Waals surface area contributed by atoms with Crippen molar-refractivity contribution >= 4 is 11.4 Å². The van der Waals surface area contributed by atoms with Crippen LogP contribution in [0.15, 0.2) is 24.3 Å². The molecule has 3 N–H and O–H groups in total. The van der Waals surface area contributed by atoms with Crippen molar-refractivity contribution in [2.45, 2.75) is 26.3 Å². The lowest BCUT2D eigenvalue weighted by molar-refractivity contribution is 0.209. The second-order valence-corrected chi connectivity index (χ2v) is 5.73. The van der Waals surface area contributed by atoms with Gasteiger partial charge < -0.3 is 16.0 Å². The van der Waals surface area contributed by atoms with Crippen molar-refractivity contribution in [2.75, 3.05) is 49.5 Å². The fourth-order valence-electron chi connectivity index (χ4n) is 2.62. The van der Waals surface area contributed by atoms with Crippen LogP contribution in [0.2, 0.25) is 0 Å². The number of nitrogens with one attached hydrogen (secondary N) is 1. The van der Waals surface area contributed by atoms with Gasteiger partial charge in [0, 0.05) is 50.1 Å². The van der Waals surface area contributed by atoms with Gasteiger partial charge >= 0.3 is 0 Å². The Bertz CT molecular complexity index is 380. The Kier molecular flexibility index (Phi) is 5.68. The van der Waals surface area contributed by atoms with Gasteiger partial charge in [-0.15, -0.1) is 0 Å². The van der Waals surface area contributed by atoms with Crippen LogP contribution in [-0.2, 0) is 0 Å². The molecule has 4 heteroatoms. The van der Waals surface area contributed by atoms with Crippen LogP contribution in [0.1, 0.15) is 20.3 Å². The van der Waals surface area contributed by atoms with Crippen molar-refractivity contribution in [1.82, 2.24) is 4.90 Å². The summed E-state index contributed by atoms with van der Waals surface area (Å²) in [5, 5.41) is 3.39. The molecule has 112 valence electrons. The molecular formula is C16H28N4. The molecule has 1 saturated heterocycles. The largest absolute Gasteiger partial charge is 0.385 e. The maximum absolute atomic E-state index is 5.50. The standard InChI is InChI=1S/C16H28N4/c1-14(2)19-10-12-20(13-11-19)16-6-4-15(5-7-16)18-9-3-8-17/h4-7,14,18H,3,8-13,17H2,1-2H3. The van der Waals surface area contributed by atoms with Crippen molar-refractivity contribution in [3.63, 3.8) is 0 Å². The van der Waals surface area contributed by atoms with Gasteiger partial charge in [-0.3, -0.25) is 4.90 Å². The molecule has 0 radical (unpaired) electrons. The van der Waals surface area contributed by atoms with Gasteiger partial charge in [0.05, 0.1) is 0 Å². The van der Waals surface area contributed by atoms with E-state index in [1.54, 1.807) is 0 Å². The van der Waals surface area contributed by atoms with Crippen molar-refractivity contribution in [2.24, 2.45) is 5.73 Å². The van der Waals surface area contributed by atoms with Crippen LogP contribution in [0.4, 0.5) is 11.4 Å². The number of nitrogens with two attached hydrogens (primary N) is 1. The Labute approximate surface area is 122 Å². The highest BCUT2D eigenvalue weighted by atomic mass is 15.3. The Morgan fingerprint density at radius 2 is 1.75 bits per heavy atom. The fraction of sp³-hybridized carbons (Fsp3) is 0.625. The quantitative estimate of drug-likeness (QED) is 0.780. The normalized spacial score (nSPS) is 16.7. The number of benzene rings is 1. The molecule has 1 aliphatic rings. The number of nitrogens with zero attached hydrogens (tertiary/aromatic N) is 2. The third-order valence-corrected chi connectivity index (χ3v) is 3.99. The zero-order chi connectivity index (χ0) is 14.4. The summed E-state index contributed by atoms with van der Waals surface area (Å²) in [4.78, 5) is 5.02. The fourth-order valence-corrected chi connectivity index (χ4v) is 2.62. The summed E-state index contributed by atoms with van der Waals surface area (Å²) in [5.74, 6) is 0. The van der Waals surface area contributed by atoms with Gasteiger partial charge in [0.2, 0.25) is 0 Å². The van der Waals surface area contributed by atoms with E-state index < -0.39 is 0 Å². The van der Waals surface area contributed by atoms with E-state index in [-0.39, 0.29) is 0 Å². The van der Waals surface area contributed by atoms with E-state index in [9.17, 15) is 0 Å². The van der Waals surface area contributed by atoms with Gasteiger partial charge in [-0.2, -0.15) is 0 Å². The number of rotatable bonds is 6. The average Bonchev–Trinajstić information content (AvgIpc) is 2.48. The Morgan fingerprint density at radius 1 is 1.10 bits per heavy atom. The summed E-state index contributed by atoms with van der Waals surface area (Å²) >= 11 is 0. The SMILES string of the molecule is CC(C)N1CCN(c2ccc(NCCCN)cc2)CC1. The molecule has 1 aliphatic heterocycles. The summed E-state index contributed by atoms with van der Waals surface area (Å²) in [6.45, 7) is 10.8. The molecule has 0 spiro atoms. The summed E-state index contributed by atoms with van der Waals surface area (Å²) in [7, 11) is 0. The van der Waals surface area contributed by atoms with Crippen LogP contribution in [0.5, 0.6) is 0 Å². The molecule has 2 rings (SSSR count). The molecule has 1 fully saturated rings. The minimum atomic E-state index is 0.659. The van der Waals surface area contributed by atoms with E-state index in [0.717, 1.165) is 45.7 Å². The van der Waals surface area contributed by atoms with Crippen LogP contribution in [-0.4, -0.2) is 50.2 Å². The first-order valence-corrected chi connectivity index (χ1v) is 7.73. The summed E-state index contributed by atoms with van der Waals surface area (Å²) in [5.41, 5.74) is 8.01. The lowest BCUT2D eigenvalue weighted by Gasteiger charge is -2.38. The molecule has 1 heterocycles. The lowest BCUT2D eigenvalue weighted by atomic mass is 10.2. The number of piperazine rings is 1. The molecule has 1 aromatic rings. The molecule has 0 bridgehead atoms. The highest BCUT2D eigenvalue weighted by Crippen LogP contribution is 2.20. The van der Waals surface area contributed by atoms with Gasteiger partial charge in [0.1, 0.15) is 0 Å². The third kappa shape index (κ3) is 4.12. The molecule has 0 unspecified atom stereocenters. The molecule has 0 aliphatic carbocycles. The maximum atomic E-state index is 5.50. The van der Waals surface area contributed by atoms with Crippen LogP contribution in [0.25, 0.3) is 0 Å². The summed E-state index contributed by atoms with van der Waals surface area (Å²) in [6.07, 6.45) is 1.01. The van der Waals surface area contributed by atoms with E-state index in [0.29, 0.717) is 6.04 Å². The van der Waals surface area contributed by atoms with Crippen molar-refractivity contribution < 1.29 is 0 Å². The average molecular weight is 276 g/mol. The summed E-state index contributed by atoms with van der Waals surface area (Å²) < 4.78 is 0. The van der Waals surface area contributed by atoms with Crippen molar-refractivity contribution in [3.05, 3.63) is 24.3 Å². The molecule has 0 saturated carbocycles. The monoisotopic (exact) mass is 276 g/mol. The molecule has 0 amide bonds. The van der Waals surface area contributed by atoms with Gasteiger partial charge in [-0.05, 0) is 51.1 Å². The van der Waals surface area contributed by atoms with Crippen LogP contribution >= 0.6 is 0 Å². The van der Waals surface area contributed by atoms with E-state index in [1.165, 1.54) is 11.4 Å². The minimum absolute atomic E-state index is 0.659. The van der Waals surface area contributed by atoms with E-state index >= 15 is 0 Å². The van der Waals surface area contributed by atoms with E-state index in [4.69, 9.17) is 5.73 Å². The van der Waals surface area contributed by atoms with Gasteiger partial charge in [-0.1, -0.05) is 0 Å². The van der Waals surface area contributed by atoms with Crippen molar-refractivity contribution in [1.29, 1.82) is 0 Å². The Hall–Kier alpha value is -1.26. The highest BCUT2D eigenvalue weighted by Gasteiger charge is 2.18. The Morgan fingerprint density at radius 3 is 2.30 bits per heavy atom. The van der Waals surface area contributed by atoms with Crippen LogP contribution in [0, 0.1) is 0 Å². The molecule has 0 aromatic heterocycles. The molecule has 20 heavy (non-hydrogen) atoms. The van der Waals surface area contributed by atoms with E-state index in [1.807, 2.05) is 0 Å². The highest BCUT2D eigenvalue weighted by molar-refractivity contribution is 5.55. The first-order chi connectivity index (χ1) is 9.70. The van der Waals surface area contributed by atoms with Gasteiger partial charge in [0.15, 0.2) is 0 Å². The predicted molar refractivity (Wildman–Crippen MR) is 87.5 cm³/mol. The van der Waals surface area contributed by atoms with Gasteiger partial charge in [-0.25, -0.2) is 0 Å². The zero-order valence-corrected chi connectivity index (χ0v) is 12.8. The first kappa shape index (κ1) is 15.1. The Balaban J connectivity index is 1.84. The number of hydrogen-bond donors (Lipinski definition) is 2. The predicted octanol–water partition coefficient (Wildman–Crippen LogP) is 1.98. The van der Waals surface area contributed by atoms with Crippen molar-refractivity contribution in [3.8, 4) is 0 Å². The van der Waals surface area contributed by atoms with E-state index in [2.05, 4.69) is 53.2 Å². The lowest BCUT2D eigenvalue weighted by Crippen LogP contribution is -2.48. The molecule has 0 atom stereocenters. The second kappa shape index (κ2) is 7.50. The maximum Gasteiger partial charge on any atom is 0.0368 e. The molecule has 4 nitrogen and oxygen atoms in total. The number of anilines is 2. The smallest absolute Gasteiger partial charge is 0.0368 e. The van der Waals surface area contributed by atoms with Crippen LogP contribution in [0.3, 0.4) is 0 Å².